The second kappa shape index (κ2) is 12.6. The average Bonchev–Trinajstić information content (AvgIpc) is 3.26. The van der Waals surface area contributed by atoms with E-state index < -0.39 is 17.8 Å². The van der Waals surface area contributed by atoms with Crippen molar-refractivity contribution in [2.45, 2.75) is 26.5 Å². The number of hydrogen-bond donors (Lipinski definition) is 0. The van der Waals surface area contributed by atoms with Crippen LogP contribution in [0.1, 0.15) is 36.6 Å². The van der Waals surface area contributed by atoms with Gasteiger partial charge in [-0.1, -0.05) is 53.3 Å². The molecule has 7 nitrogen and oxygen atoms in total. The van der Waals surface area contributed by atoms with Crippen molar-refractivity contribution in [3.63, 3.8) is 0 Å². The van der Waals surface area contributed by atoms with E-state index >= 15 is 0 Å². The number of thiazole rings is 1. The first-order chi connectivity index (χ1) is 20.2. The van der Waals surface area contributed by atoms with E-state index in [9.17, 15) is 14.0 Å². The summed E-state index contributed by atoms with van der Waals surface area (Å²) in [4.78, 5) is 31.8. The fraction of sp³-hybridized carbons (Fsp3) is 0.194. The number of hydrogen-bond acceptors (Lipinski definition) is 7. The zero-order chi connectivity index (χ0) is 30.0. The molecule has 0 radical (unpaired) electrons. The van der Waals surface area contributed by atoms with Gasteiger partial charge in [0.15, 0.2) is 16.3 Å². The molecule has 0 saturated carbocycles. The summed E-state index contributed by atoms with van der Waals surface area (Å²) >= 11 is 11.0. The van der Waals surface area contributed by atoms with Crippen molar-refractivity contribution >= 4 is 50.9 Å². The van der Waals surface area contributed by atoms with Crippen LogP contribution in [-0.4, -0.2) is 24.3 Å². The Labute approximate surface area is 258 Å². The topological polar surface area (TPSA) is 79.1 Å². The molecule has 0 spiro atoms. The lowest BCUT2D eigenvalue weighted by Crippen LogP contribution is -2.39. The number of ether oxygens (including phenoxy) is 3. The minimum absolute atomic E-state index is 0.158. The van der Waals surface area contributed by atoms with E-state index in [-0.39, 0.29) is 24.3 Å². The highest BCUT2D eigenvalue weighted by atomic mass is 79.9. The third-order valence-corrected chi connectivity index (χ3v) is 8.52. The summed E-state index contributed by atoms with van der Waals surface area (Å²) in [6, 6.07) is 15.9. The van der Waals surface area contributed by atoms with Crippen LogP contribution >= 0.6 is 38.9 Å². The Morgan fingerprint density at radius 2 is 1.93 bits per heavy atom. The minimum Gasteiger partial charge on any atom is -0.493 e. The smallest absolute Gasteiger partial charge is 0.338 e. The Bertz CT molecular complexity index is 1880. The summed E-state index contributed by atoms with van der Waals surface area (Å²) in [6.45, 7) is 3.79. The second-order valence-corrected chi connectivity index (χ2v) is 11.5. The molecule has 1 aromatic heterocycles. The van der Waals surface area contributed by atoms with Crippen LogP contribution in [0.3, 0.4) is 0 Å². The molecule has 2 heterocycles. The molecule has 0 N–H and O–H groups in total. The summed E-state index contributed by atoms with van der Waals surface area (Å²) in [5.74, 6) is -0.0612. The predicted octanol–water partition coefficient (Wildman–Crippen LogP) is 5.94. The van der Waals surface area contributed by atoms with E-state index in [1.807, 2.05) is 24.3 Å². The number of halogens is 3. The highest BCUT2D eigenvalue weighted by molar-refractivity contribution is 9.10. The zero-order valence-electron chi connectivity index (χ0n) is 22.8. The maximum Gasteiger partial charge on any atom is 0.338 e. The number of esters is 1. The molecule has 0 bridgehead atoms. The summed E-state index contributed by atoms with van der Waals surface area (Å²) in [6.07, 6.45) is 1.72. The number of nitrogens with zero attached hydrogens (tertiary/aromatic N) is 2. The largest absolute Gasteiger partial charge is 0.493 e. The third kappa shape index (κ3) is 5.92. The molecule has 3 aromatic carbocycles. The average molecular weight is 672 g/mol. The van der Waals surface area contributed by atoms with E-state index in [0.29, 0.717) is 47.2 Å². The highest BCUT2D eigenvalue weighted by Crippen LogP contribution is 2.38. The van der Waals surface area contributed by atoms with Crippen LogP contribution in [0.4, 0.5) is 4.39 Å². The van der Waals surface area contributed by atoms with Gasteiger partial charge in [-0.3, -0.25) is 9.36 Å². The number of benzene rings is 3. The summed E-state index contributed by atoms with van der Waals surface area (Å²) in [5, 5.41) is 0.597. The van der Waals surface area contributed by atoms with Gasteiger partial charge in [0.05, 0.1) is 40.0 Å². The van der Waals surface area contributed by atoms with Gasteiger partial charge >= 0.3 is 5.97 Å². The number of aromatic nitrogens is 1. The summed E-state index contributed by atoms with van der Waals surface area (Å²) in [5.41, 5.74) is 2.37. The number of methoxy groups -OCH3 is 1. The highest BCUT2D eigenvalue weighted by Gasteiger charge is 2.33. The normalized spacial score (nSPS) is 14.8. The zero-order valence-corrected chi connectivity index (χ0v) is 26.0. The molecule has 4 aromatic rings. The number of carbonyl (C=O) groups is 1. The molecule has 5 rings (SSSR count). The molecule has 11 heteroatoms. The quantitative estimate of drug-likeness (QED) is 0.217. The Morgan fingerprint density at radius 3 is 2.62 bits per heavy atom. The Kier molecular flexibility index (Phi) is 8.96. The van der Waals surface area contributed by atoms with Crippen LogP contribution in [0.25, 0.3) is 6.08 Å². The van der Waals surface area contributed by atoms with Gasteiger partial charge in [0.1, 0.15) is 12.4 Å². The standard InChI is InChI=1S/C31H25BrClFN2O5S/c1-4-40-30(38)26-17(2)35-31-36(27(26)19-9-11-21(34)12-10-19)29(37)25(42-31)15-18-13-22(32)28(24(14-18)39-3)41-16-20-7-5-6-8-23(20)33/h5-15,27H,4,16H2,1-3H3/b25-15-/t27-/m0/s1. The fourth-order valence-corrected chi connectivity index (χ4v) is 6.44. The molecule has 0 amide bonds. The monoisotopic (exact) mass is 670 g/mol. The Morgan fingerprint density at radius 1 is 1.19 bits per heavy atom. The van der Waals surface area contributed by atoms with Gasteiger partial charge in [-0.15, -0.1) is 0 Å². The van der Waals surface area contributed by atoms with E-state index in [2.05, 4.69) is 20.9 Å². The predicted molar refractivity (Wildman–Crippen MR) is 163 cm³/mol. The van der Waals surface area contributed by atoms with Crippen molar-refractivity contribution < 1.29 is 23.4 Å². The van der Waals surface area contributed by atoms with Crippen LogP contribution in [0.2, 0.25) is 5.02 Å². The molecule has 1 aliphatic rings. The first kappa shape index (κ1) is 29.8. The van der Waals surface area contributed by atoms with Gasteiger partial charge < -0.3 is 14.2 Å². The van der Waals surface area contributed by atoms with Crippen molar-refractivity contribution in [1.82, 2.24) is 4.57 Å². The first-order valence-electron chi connectivity index (χ1n) is 12.9. The van der Waals surface area contributed by atoms with Gasteiger partial charge in [-0.2, -0.15) is 0 Å². The molecule has 42 heavy (non-hydrogen) atoms. The van der Waals surface area contributed by atoms with Crippen molar-refractivity contribution in [1.29, 1.82) is 0 Å². The lowest BCUT2D eigenvalue weighted by Gasteiger charge is -2.24. The van der Waals surface area contributed by atoms with Crippen LogP contribution in [0.5, 0.6) is 11.5 Å². The van der Waals surface area contributed by atoms with Gasteiger partial charge in [-0.25, -0.2) is 14.2 Å². The molecular formula is C31H25BrClFN2O5S. The van der Waals surface area contributed by atoms with E-state index in [1.54, 1.807) is 44.2 Å². The Balaban J connectivity index is 1.58. The van der Waals surface area contributed by atoms with Crippen LogP contribution in [0.15, 0.2) is 86.2 Å². The Hall–Kier alpha value is -3.73. The number of fused-ring (bicyclic) bond motifs is 1. The molecular weight excluding hydrogens is 647 g/mol. The lowest BCUT2D eigenvalue weighted by atomic mass is 9.96. The van der Waals surface area contributed by atoms with Crippen molar-refractivity contribution in [2.24, 2.45) is 4.99 Å². The summed E-state index contributed by atoms with van der Waals surface area (Å²) in [7, 11) is 1.53. The van der Waals surface area contributed by atoms with Crippen molar-refractivity contribution in [2.75, 3.05) is 13.7 Å². The van der Waals surface area contributed by atoms with Gasteiger partial charge in [0.2, 0.25) is 0 Å². The number of carbonyl (C=O) groups excluding carboxylic acids is 1. The SMILES string of the molecule is CCOC(=O)C1=C(C)N=c2s/c(=C\c3cc(Br)c(OCc4ccccc4Cl)c(OC)c3)c(=O)n2[C@H]1c1ccc(F)cc1. The number of rotatable bonds is 8. The van der Waals surface area contributed by atoms with Crippen molar-refractivity contribution in [3.05, 3.63) is 124 Å². The lowest BCUT2D eigenvalue weighted by molar-refractivity contribution is -0.139. The molecule has 1 aliphatic heterocycles. The second-order valence-electron chi connectivity index (χ2n) is 9.27. The maximum atomic E-state index is 13.9. The van der Waals surface area contributed by atoms with Crippen LogP contribution < -0.4 is 24.4 Å². The van der Waals surface area contributed by atoms with Gasteiger partial charge in [-0.05, 0) is 77.3 Å². The van der Waals surface area contributed by atoms with Gasteiger partial charge in [0.25, 0.3) is 5.56 Å². The third-order valence-electron chi connectivity index (χ3n) is 6.58. The molecule has 0 saturated heterocycles. The molecule has 216 valence electrons. The molecule has 1 atom stereocenters. The van der Waals surface area contributed by atoms with Gasteiger partial charge in [0, 0.05) is 10.6 Å². The van der Waals surface area contributed by atoms with Crippen molar-refractivity contribution in [3.8, 4) is 11.5 Å². The van der Waals surface area contributed by atoms with Crippen LogP contribution in [0, 0.1) is 5.82 Å². The minimum atomic E-state index is -0.829. The molecule has 0 unspecified atom stereocenters. The maximum absolute atomic E-state index is 13.9. The summed E-state index contributed by atoms with van der Waals surface area (Å²) < 4.78 is 33.2. The first-order valence-corrected chi connectivity index (χ1v) is 14.9. The molecule has 0 aliphatic carbocycles. The van der Waals surface area contributed by atoms with Crippen LogP contribution in [-0.2, 0) is 16.1 Å². The van der Waals surface area contributed by atoms with E-state index in [4.69, 9.17) is 25.8 Å². The fourth-order valence-electron chi connectivity index (χ4n) is 4.63. The van der Waals surface area contributed by atoms with E-state index in [0.717, 1.165) is 5.56 Å². The number of allylic oxidation sites excluding steroid dienone is 1. The van der Waals surface area contributed by atoms with E-state index in [1.165, 1.54) is 35.1 Å². The molecule has 0 fully saturated rings.